The Morgan fingerprint density at radius 2 is 2.04 bits per heavy atom. The highest BCUT2D eigenvalue weighted by Gasteiger charge is 2.37. The summed E-state index contributed by atoms with van der Waals surface area (Å²) in [6.07, 6.45) is 1.27. The van der Waals surface area contributed by atoms with Gasteiger partial charge in [0.2, 0.25) is 5.91 Å². The summed E-state index contributed by atoms with van der Waals surface area (Å²) < 4.78 is 51.6. The fourth-order valence-corrected chi connectivity index (χ4v) is 7.55. The number of hydrogen-bond donors (Lipinski definition) is 1. The van der Waals surface area contributed by atoms with Gasteiger partial charge in [-0.3, -0.25) is 9.69 Å². The number of nitrogens with zero attached hydrogens (tertiary/aromatic N) is 6. The standard InChI is InChI=1S/C32H32F3N7O2S/c1-5-25(43)42-11-10-24(16(42)2)41(4)31-21-7-6-20(19-8-9-23(34)29-26(19)22(13-36)30(37)45-29)27(35)28(21)38-32(39-31)44-15-18-12-17(33)14-40(18)3/h5-9,16-18,24H,1,10-12,14-15,37H2,2-4H3. The van der Waals surface area contributed by atoms with E-state index in [9.17, 15) is 18.8 Å². The van der Waals surface area contributed by atoms with Gasteiger partial charge in [0.1, 0.15) is 41.0 Å². The SMILES string of the molecule is C=CC(=O)N1CCC(N(C)c2nc(OCC3CC(F)CN3C)nc3c(F)c(-c4ccc(F)c5sc(N)c(C#N)c45)ccc23)C1C. The zero-order valence-corrected chi connectivity index (χ0v) is 25.9. The van der Waals surface area contributed by atoms with Crippen LogP contribution in [0.4, 0.5) is 24.0 Å². The molecule has 2 fully saturated rings. The third-order valence-electron chi connectivity index (χ3n) is 9.03. The van der Waals surface area contributed by atoms with Crippen molar-refractivity contribution in [1.29, 1.82) is 5.26 Å². The molecule has 2 aliphatic heterocycles. The zero-order valence-electron chi connectivity index (χ0n) is 25.1. The summed E-state index contributed by atoms with van der Waals surface area (Å²) in [6, 6.07) is 7.29. The Labute approximate surface area is 262 Å². The Balaban J connectivity index is 1.48. The number of carbonyl (C=O) groups is 1. The number of carbonyl (C=O) groups excluding carboxylic acids is 1. The highest BCUT2D eigenvalue weighted by atomic mass is 32.1. The van der Waals surface area contributed by atoms with E-state index in [-0.39, 0.29) is 68.4 Å². The first-order valence-corrected chi connectivity index (χ1v) is 15.4. The lowest BCUT2D eigenvalue weighted by Crippen LogP contribution is -2.43. The lowest BCUT2D eigenvalue weighted by molar-refractivity contribution is -0.126. The van der Waals surface area contributed by atoms with Crippen molar-refractivity contribution < 1.29 is 22.7 Å². The molecular formula is C32H32F3N7O2S. The fourth-order valence-electron chi connectivity index (χ4n) is 6.60. The second-order valence-electron chi connectivity index (χ2n) is 11.6. The lowest BCUT2D eigenvalue weighted by atomic mass is 9.97. The van der Waals surface area contributed by atoms with Gasteiger partial charge < -0.3 is 20.3 Å². The number of ether oxygens (including phenoxy) is 1. The number of hydrogen-bond acceptors (Lipinski definition) is 9. The Bertz CT molecular complexity index is 1880. The van der Waals surface area contributed by atoms with E-state index in [0.717, 1.165) is 11.3 Å². The molecule has 2 saturated heterocycles. The van der Waals surface area contributed by atoms with Crippen LogP contribution in [0.1, 0.15) is 25.3 Å². The molecule has 2 aromatic carbocycles. The second kappa shape index (κ2) is 11.8. The zero-order chi connectivity index (χ0) is 32.2. The number of benzene rings is 2. The molecule has 2 aliphatic rings. The van der Waals surface area contributed by atoms with E-state index < -0.39 is 17.8 Å². The van der Waals surface area contributed by atoms with Crippen molar-refractivity contribution in [3.63, 3.8) is 0 Å². The van der Waals surface area contributed by atoms with E-state index in [1.165, 1.54) is 18.2 Å². The first-order valence-electron chi connectivity index (χ1n) is 14.6. The molecule has 1 amide bonds. The highest BCUT2D eigenvalue weighted by Crippen LogP contribution is 2.43. The molecule has 0 spiro atoms. The van der Waals surface area contributed by atoms with Gasteiger partial charge in [0.25, 0.3) is 0 Å². The minimum atomic E-state index is -0.968. The van der Waals surface area contributed by atoms with E-state index >= 15 is 4.39 Å². The van der Waals surface area contributed by atoms with Crippen LogP contribution in [-0.4, -0.2) is 83.8 Å². The van der Waals surface area contributed by atoms with Gasteiger partial charge in [-0.25, -0.2) is 13.2 Å². The number of aromatic nitrogens is 2. The molecule has 0 saturated carbocycles. The number of nitrogens with two attached hydrogens (primary N) is 1. The Morgan fingerprint density at radius 3 is 2.73 bits per heavy atom. The smallest absolute Gasteiger partial charge is 0.319 e. The molecule has 4 unspecified atom stereocenters. The van der Waals surface area contributed by atoms with Crippen molar-refractivity contribution in [2.45, 2.75) is 44.1 Å². The molecule has 234 valence electrons. The first-order chi connectivity index (χ1) is 21.5. The van der Waals surface area contributed by atoms with Gasteiger partial charge in [-0.1, -0.05) is 18.7 Å². The monoisotopic (exact) mass is 635 g/mol. The van der Waals surface area contributed by atoms with Crippen molar-refractivity contribution in [2.75, 3.05) is 44.4 Å². The third-order valence-corrected chi connectivity index (χ3v) is 10.1. The predicted octanol–water partition coefficient (Wildman–Crippen LogP) is 5.28. The summed E-state index contributed by atoms with van der Waals surface area (Å²) in [4.78, 5) is 27.1. The van der Waals surface area contributed by atoms with Gasteiger partial charge in [-0.05, 0) is 50.6 Å². The average Bonchev–Trinajstić information content (AvgIpc) is 3.68. The van der Waals surface area contributed by atoms with Crippen LogP contribution in [0.25, 0.3) is 32.1 Å². The summed E-state index contributed by atoms with van der Waals surface area (Å²) in [5.74, 6) is -1.04. The maximum atomic E-state index is 16.7. The lowest BCUT2D eigenvalue weighted by Gasteiger charge is -2.32. The maximum Gasteiger partial charge on any atom is 0.319 e. The van der Waals surface area contributed by atoms with Crippen molar-refractivity contribution in [3.05, 3.63) is 54.1 Å². The van der Waals surface area contributed by atoms with Gasteiger partial charge in [-0.2, -0.15) is 15.2 Å². The van der Waals surface area contributed by atoms with Crippen LogP contribution in [0.2, 0.25) is 0 Å². The molecule has 0 bridgehead atoms. The molecule has 9 nitrogen and oxygen atoms in total. The van der Waals surface area contributed by atoms with Crippen LogP contribution in [0.3, 0.4) is 0 Å². The molecule has 4 aromatic rings. The third kappa shape index (κ3) is 5.21. The van der Waals surface area contributed by atoms with Crippen LogP contribution >= 0.6 is 11.3 Å². The number of thiophene rings is 1. The number of nitrogen functional groups attached to an aromatic ring is 1. The molecule has 13 heteroatoms. The van der Waals surface area contributed by atoms with E-state index in [1.807, 2.05) is 36.9 Å². The molecule has 2 aromatic heterocycles. The molecule has 4 heterocycles. The van der Waals surface area contributed by atoms with Crippen LogP contribution in [0, 0.1) is 23.0 Å². The second-order valence-corrected chi connectivity index (χ2v) is 12.6. The minimum Gasteiger partial charge on any atom is -0.462 e. The van der Waals surface area contributed by atoms with E-state index in [2.05, 4.69) is 11.6 Å². The maximum absolute atomic E-state index is 16.7. The van der Waals surface area contributed by atoms with Gasteiger partial charge >= 0.3 is 6.01 Å². The van der Waals surface area contributed by atoms with E-state index in [4.69, 9.17) is 15.5 Å². The van der Waals surface area contributed by atoms with Crippen LogP contribution in [0.15, 0.2) is 36.9 Å². The van der Waals surface area contributed by atoms with E-state index in [0.29, 0.717) is 42.7 Å². The van der Waals surface area contributed by atoms with Gasteiger partial charge in [0.05, 0.1) is 16.3 Å². The Hall–Kier alpha value is -4.41. The van der Waals surface area contributed by atoms with Crippen molar-refractivity contribution >= 4 is 49.1 Å². The van der Waals surface area contributed by atoms with Gasteiger partial charge in [0, 0.05) is 48.6 Å². The van der Waals surface area contributed by atoms with Gasteiger partial charge in [-0.15, -0.1) is 11.3 Å². The molecule has 45 heavy (non-hydrogen) atoms. The molecular weight excluding hydrogens is 603 g/mol. The number of fused-ring (bicyclic) bond motifs is 2. The van der Waals surface area contributed by atoms with Gasteiger partial charge in [0.15, 0.2) is 5.82 Å². The molecule has 2 N–H and O–H groups in total. The quantitative estimate of drug-likeness (QED) is 0.273. The van der Waals surface area contributed by atoms with Crippen LogP contribution in [-0.2, 0) is 4.79 Å². The minimum absolute atomic E-state index is 0.0358. The number of alkyl halides is 1. The number of amides is 1. The number of halogens is 3. The molecule has 0 aliphatic carbocycles. The molecule has 6 rings (SSSR count). The van der Waals surface area contributed by atoms with E-state index in [1.54, 1.807) is 17.0 Å². The predicted molar refractivity (Wildman–Crippen MR) is 169 cm³/mol. The normalized spacial score (nSPS) is 21.8. The number of nitriles is 1. The van der Waals surface area contributed by atoms with Crippen molar-refractivity contribution in [1.82, 2.24) is 19.8 Å². The average molecular weight is 636 g/mol. The largest absolute Gasteiger partial charge is 0.462 e. The number of rotatable bonds is 7. The topological polar surface area (TPSA) is 112 Å². The Kier molecular flexibility index (Phi) is 8.05. The summed E-state index contributed by atoms with van der Waals surface area (Å²) in [7, 11) is 3.64. The summed E-state index contributed by atoms with van der Waals surface area (Å²) >= 11 is 0.935. The Morgan fingerprint density at radius 1 is 1.29 bits per heavy atom. The number of anilines is 2. The number of likely N-dealkylation sites (N-methyl/N-ethyl adjacent to an activating group) is 2. The van der Waals surface area contributed by atoms with Crippen molar-refractivity contribution in [2.24, 2.45) is 0 Å². The summed E-state index contributed by atoms with van der Waals surface area (Å²) in [5, 5.41) is 10.6. The first kappa shape index (κ1) is 30.6. The highest BCUT2D eigenvalue weighted by molar-refractivity contribution is 7.23. The van der Waals surface area contributed by atoms with Crippen LogP contribution in [0.5, 0.6) is 6.01 Å². The fraction of sp³-hybridized carbons (Fsp3) is 0.375. The molecule has 0 radical (unpaired) electrons. The summed E-state index contributed by atoms with van der Waals surface area (Å²) in [5.41, 5.74) is 6.48. The van der Waals surface area contributed by atoms with Crippen molar-refractivity contribution in [3.8, 4) is 23.2 Å². The van der Waals surface area contributed by atoms with Crippen LogP contribution < -0.4 is 15.4 Å². The number of likely N-dealkylation sites (tertiary alicyclic amines) is 2. The summed E-state index contributed by atoms with van der Waals surface area (Å²) in [6.45, 7) is 6.47. The molecule has 4 atom stereocenters.